The Kier molecular flexibility index (Phi) is 6.93. The number of nitrogens with zero attached hydrogens (tertiary/aromatic N) is 4. The molecule has 0 saturated carbocycles. The van der Waals surface area contributed by atoms with Crippen molar-refractivity contribution in [2.45, 2.75) is 29.7 Å². The summed E-state index contributed by atoms with van der Waals surface area (Å²) >= 11 is 1.06. The van der Waals surface area contributed by atoms with E-state index >= 15 is 0 Å². The Balaban J connectivity index is 1.79. The van der Waals surface area contributed by atoms with Crippen LogP contribution in [0.1, 0.15) is 19.4 Å². The van der Waals surface area contributed by atoms with Gasteiger partial charge in [-0.05, 0) is 23.8 Å². The molecule has 10 nitrogen and oxygen atoms in total. The highest BCUT2D eigenvalue weighted by atomic mass is 32.2. The molecule has 0 saturated heterocycles. The zero-order chi connectivity index (χ0) is 22.6. The standard InChI is InChI=1S/C19H20N4O6S2/c1-3-22(4-2)31(27,28)16-7-5-6-13(11-16)18-20-21-19(29-18)30-12-14-10-15(23(25)26)8-9-17(14)24/h5-11,24H,3-4,12H2,1-2H3/p-1. The van der Waals surface area contributed by atoms with Crippen molar-refractivity contribution < 1.29 is 22.9 Å². The molecular formula is C19H19N4O6S2-. The maximum Gasteiger partial charge on any atom is 0.277 e. The van der Waals surface area contributed by atoms with Crippen LogP contribution in [-0.2, 0) is 15.8 Å². The largest absolute Gasteiger partial charge is 0.872 e. The molecule has 2 aromatic carbocycles. The summed E-state index contributed by atoms with van der Waals surface area (Å²) in [5.41, 5.74) is 0.506. The van der Waals surface area contributed by atoms with Crippen LogP contribution in [0.2, 0.25) is 0 Å². The molecule has 3 rings (SSSR count). The highest BCUT2D eigenvalue weighted by Gasteiger charge is 2.22. The molecule has 12 heteroatoms. The van der Waals surface area contributed by atoms with E-state index in [-0.39, 0.29) is 38.8 Å². The maximum absolute atomic E-state index is 12.7. The van der Waals surface area contributed by atoms with Crippen molar-refractivity contribution in [1.82, 2.24) is 14.5 Å². The van der Waals surface area contributed by atoms with Crippen LogP contribution < -0.4 is 5.11 Å². The molecule has 0 aliphatic carbocycles. The third kappa shape index (κ3) is 5.03. The second kappa shape index (κ2) is 9.45. The first-order chi connectivity index (χ1) is 14.8. The molecule has 0 spiro atoms. The third-order valence-electron chi connectivity index (χ3n) is 4.44. The maximum atomic E-state index is 12.7. The number of non-ortho nitro benzene ring substituents is 1. The van der Waals surface area contributed by atoms with Gasteiger partial charge in [0.2, 0.25) is 15.9 Å². The van der Waals surface area contributed by atoms with Crippen molar-refractivity contribution in [3.8, 4) is 17.2 Å². The molecule has 0 radical (unpaired) electrons. The molecule has 0 fully saturated rings. The number of sulfonamides is 1. The Hall–Kier alpha value is -2.96. The lowest BCUT2D eigenvalue weighted by molar-refractivity contribution is -0.385. The summed E-state index contributed by atoms with van der Waals surface area (Å²) in [5.74, 6) is -0.0916. The predicted molar refractivity (Wildman–Crippen MR) is 112 cm³/mol. The average Bonchev–Trinajstić information content (AvgIpc) is 3.23. The minimum Gasteiger partial charge on any atom is -0.872 e. The van der Waals surface area contributed by atoms with Gasteiger partial charge in [-0.15, -0.1) is 15.9 Å². The van der Waals surface area contributed by atoms with Gasteiger partial charge in [-0.3, -0.25) is 10.1 Å². The molecule has 0 bridgehead atoms. The predicted octanol–water partition coefficient (Wildman–Crippen LogP) is 3.04. The van der Waals surface area contributed by atoms with Crippen molar-refractivity contribution in [2.75, 3.05) is 13.1 Å². The van der Waals surface area contributed by atoms with Crippen molar-refractivity contribution in [1.29, 1.82) is 0 Å². The molecule has 0 amide bonds. The molecule has 0 unspecified atom stereocenters. The first-order valence-corrected chi connectivity index (χ1v) is 11.7. The van der Waals surface area contributed by atoms with E-state index in [1.165, 1.54) is 22.5 Å². The fourth-order valence-corrected chi connectivity index (χ4v) is 5.06. The molecule has 164 valence electrons. The van der Waals surface area contributed by atoms with Crippen molar-refractivity contribution in [3.63, 3.8) is 0 Å². The van der Waals surface area contributed by atoms with E-state index in [1.54, 1.807) is 26.0 Å². The van der Waals surface area contributed by atoms with Gasteiger partial charge in [0.15, 0.2) is 0 Å². The molecular weight excluding hydrogens is 444 g/mol. The first-order valence-electron chi connectivity index (χ1n) is 9.27. The third-order valence-corrected chi connectivity index (χ3v) is 7.35. The monoisotopic (exact) mass is 463 g/mol. The van der Waals surface area contributed by atoms with E-state index in [9.17, 15) is 23.6 Å². The second-order valence-electron chi connectivity index (χ2n) is 6.33. The van der Waals surface area contributed by atoms with E-state index in [2.05, 4.69) is 10.2 Å². The summed E-state index contributed by atoms with van der Waals surface area (Å²) in [6.07, 6.45) is 0. The number of nitro benzene ring substituents is 1. The zero-order valence-corrected chi connectivity index (χ0v) is 18.4. The number of aromatic nitrogens is 2. The van der Waals surface area contributed by atoms with Crippen LogP contribution in [-0.4, -0.2) is 40.9 Å². The van der Waals surface area contributed by atoms with Gasteiger partial charge in [-0.25, -0.2) is 8.42 Å². The SMILES string of the molecule is CCN(CC)S(=O)(=O)c1cccc(-c2nnc(SCc3cc([N+](=O)[O-])ccc3[O-])o2)c1. The number of benzene rings is 2. The highest BCUT2D eigenvalue weighted by molar-refractivity contribution is 7.98. The molecule has 31 heavy (non-hydrogen) atoms. The van der Waals surface area contributed by atoms with Gasteiger partial charge in [0.25, 0.3) is 10.9 Å². The van der Waals surface area contributed by atoms with Crippen LogP contribution in [0, 0.1) is 10.1 Å². The van der Waals surface area contributed by atoms with Crippen LogP contribution in [0.3, 0.4) is 0 Å². The number of hydrogen-bond donors (Lipinski definition) is 0. The van der Waals surface area contributed by atoms with E-state index in [0.717, 1.165) is 23.9 Å². The van der Waals surface area contributed by atoms with E-state index in [4.69, 9.17) is 4.42 Å². The van der Waals surface area contributed by atoms with E-state index in [0.29, 0.717) is 18.7 Å². The summed E-state index contributed by atoms with van der Waals surface area (Å²) in [6.45, 7) is 4.23. The minimum absolute atomic E-state index is 0.110. The van der Waals surface area contributed by atoms with E-state index < -0.39 is 14.9 Å². The Morgan fingerprint density at radius 1 is 1.13 bits per heavy atom. The van der Waals surface area contributed by atoms with Crippen LogP contribution in [0.25, 0.3) is 11.5 Å². The van der Waals surface area contributed by atoms with Crippen molar-refractivity contribution in [2.24, 2.45) is 0 Å². The fourth-order valence-electron chi connectivity index (χ4n) is 2.82. The quantitative estimate of drug-likeness (QED) is 0.266. The Bertz CT molecular complexity index is 1190. The first kappa shape index (κ1) is 22.7. The Morgan fingerprint density at radius 2 is 1.87 bits per heavy atom. The lowest BCUT2D eigenvalue weighted by atomic mass is 10.2. The van der Waals surface area contributed by atoms with Gasteiger partial charge >= 0.3 is 0 Å². The van der Waals surface area contributed by atoms with Gasteiger partial charge in [0.05, 0.1) is 9.82 Å². The molecule has 0 aliphatic heterocycles. The second-order valence-corrected chi connectivity index (χ2v) is 9.19. The smallest absolute Gasteiger partial charge is 0.277 e. The normalized spacial score (nSPS) is 11.7. The lowest BCUT2D eigenvalue weighted by Gasteiger charge is -2.18. The average molecular weight is 464 g/mol. The number of hydrogen-bond acceptors (Lipinski definition) is 9. The summed E-state index contributed by atoms with van der Waals surface area (Å²) < 4.78 is 32.4. The van der Waals surface area contributed by atoms with Crippen molar-refractivity contribution in [3.05, 3.63) is 58.1 Å². The number of thioether (sulfide) groups is 1. The molecule has 0 N–H and O–H groups in total. The van der Waals surface area contributed by atoms with Crippen LogP contribution >= 0.6 is 11.8 Å². The molecule has 0 atom stereocenters. The van der Waals surface area contributed by atoms with Gasteiger partial charge in [-0.2, -0.15) is 4.31 Å². The lowest BCUT2D eigenvalue weighted by Crippen LogP contribution is -2.30. The summed E-state index contributed by atoms with van der Waals surface area (Å²) in [6, 6.07) is 9.73. The number of nitro groups is 1. The molecule has 0 aliphatic rings. The molecule has 3 aromatic rings. The van der Waals surface area contributed by atoms with E-state index in [1.807, 2.05) is 0 Å². The van der Waals surface area contributed by atoms with Gasteiger partial charge in [0, 0.05) is 36.5 Å². The van der Waals surface area contributed by atoms with Crippen LogP contribution in [0.5, 0.6) is 5.75 Å². The summed E-state index contributed by atoms with van der Waals surface area (Å²) in [4.78, 5) is 10.4. The number of rotatable bonds is 9. The van der Waals surface area contributed by atoms with Gasteiger partial charge in [-0.1, -0.05) is 37.7 Å². The van der Waals surface area contributed by atoms with Gasteiger partial charge < -0.3 is 9.52 Å². The van der Waals surface area contributed by atoms with Crippen molar-refractivity contribution >= 4 is 27.5 Å². The minimum atomic E-state index is -3.64. The van der Waals surface area contributed by atoms with Crippen LogP contribution in [0.4, 0.5) is 5.69 Å². The van der Waals surface area contributed by atoms with Gasteiger partial charge in [0.1, 0.15) is 0 Å². The Labute approximate surface area is 183 Å². The Morgan fingerprint density at radius 3 is 2.55 bits per heavy atom. The molecule has 1 aromatic heterocycles. The highest BCUT2D eigenvalue weighted by Crippen LogP contribution is 2.30. The topological polar surface area (TPSA) is 142 Å². The fraction of sp³-hybridized carbons (Fsp3) is 0.263. The zero-order valence-electron chi connectivity index (χ0n) is 16.7. The summed E-state index contributed by atoms with van der Waals surface area (Å²) in [7, 11) is -3.64. The van der Waals surface area contributed by atoms with Crippen LogP contribution in [0.15, 0.2) is 57.0 Å². The summed E-state index contributed by atoms with van der Waals surface area (Å²) in [5, 5.41) is 30.8. The molecule has 1 heterocycles.